The quantitative estimate of drug-likeness (QED) is 0.482. The largest absolute Gasteiger partial charge is 0.410 e. The van der Waals surface area contributed by atoms with Crippen molar-refractivity contribution < 1.29 is 14.4 Å². The molecular weight excluding hydrogens is 371 g/mol. The Morgan fingerprint density at radius 1 is 1.30 bits per heavy atom. The third-order valence-electron chi connectivity index (χ3n) is 4.19. The van der Waals surface area contributed by atoms with Crippen LogP contribution in [0.2, 0.25) is 5.02 Å². The van der Waals surface area contributed by atoms with Gasteiger partial charge in [-0.25, -0.2) is 4.39 Å². The molecule has 6 nitrogen and oxygen atoms in total. The molecule has 27 heavy (non-hydrogen) atoms. The molecule has 140 valence electrons. The van der Waals surface area contributed by atoms with E-state index >= 15 is 0 Å². The maximum absolute atomic E-state index is 14.4. The molecule has 2 aromatic carbocycles. The molecule has 2 aromatic rings. The second-order valence-corrected chi connectivity index (χ2v) is 6.68. The number of amides is 1. The van der Waals surface area contributed by atoms with E-state index in [1.165, 1.54) is 11.0 Å². The van der Waals surface area contributed by atoms with Crippen molar-refractivity contribution in [1.29, 1.82) is 0 Å². The minimum atomic E-state index is -0.686. The highest BCUT2D eigenvalue weighted by Gasteiger charge is 2.29. The van der Waals surface area contributed by atoms with Crippen molar-refractivity contribution in [3.8, 4) is 0 Å². The summed E-state index contributed by atoms with van der Waals surface area (Å²) in [6.45, 7) is 0.0783. The summed E-state index contributed by atoms with van der Waals surface area (Å²) in [5, 5.41) is 16.2. The first kappa shape index (κ1) is 18.8. The molecule has 1 unspecified atom stereocenters. The van der Waals surface area contributed by atoms with E-state index in [1.54, 1.807) is 50.5 Å². The number of carbonyl (C=O) groups excluding carboxylic acids is 1. The van der Waals surface area contributed by atoms with E-state index in [0.29, 0.717) is 27.5 Å². The number of benzodiazepines with no additional fused rings is 1. The summed E-state index contributed by atoms with van der Waals surface area (Å²) in [5.41, 5.74) is 1.86. The van der Waals surface area contributed by atoms with Crippen LogP contribution >= 0.6 is 11.6 Å². The number of fused-ring (bicyclic) bond motifs is 1. The maximum Gasteiger partial charge on any atom is 0.273 e. The molecule has 1 aliphatic rings. The van der Waals surface area contributed by atoms with Gasteiger partial charge in [0, 0.05) is 35.9 Å². The van der Waals surface area contributed by atoms with Crippen LogP contribution in [0.25, 0.3) is 0 Å². The first-order valence-corrected chi connectivity index (χ1v) is 8.59. The van der Waals surface area contributed by atoms with Crippen LogP contribution in [0.5, 0.6) is 0 Å². The fourth-order valence-electron chi connectivity index (χ4n) is 2.87. The number of aliphatic imine (C=N–C) groups is 1. The molecule has 0 aromatic heterocycles. The topological polar surface area (TPSA) is 77.3 Å². The van der Waals surface area contributed by atoms with Crippen molar-refractivity contribution in [2.24, 2.45) is 10.1 Å². The molecule has 0 bridgehead atoms. The average molecular weight is 389 g/mol. The van der Waals surface area contributed by atoms with Gasteiger partial charge in [0.05, 0.1) is 18.3 Å². The Balaban J connectivity index is 2.12. The molecule has 0 aliphatic carbocycles. The minimum absolute atomic E-state index is 0.0783. The molecule has 1 amide bonds. The van der Waals surface area contributed by atoms with E-state index < -0.39 is 17.8 Å². The van der Waals surface area contributed by atoms with Crippen molar-refractivity contribution >= 4 is 34.6 Å². The fraction of sp³-hybridized carbons (Fsp3) is 0.211. The Kier molecular flexibility index (Phi) is 5.41. The summed E-state index contributed by atoms with van der Waals surface area (Å²) in [5.74, 6) is -0.865. The van der Waals surface area contributed by atoms with Gasteiger partial charge in [0.1, 0.15) is 5.82 Å². The number of oxime groups is 1. The number of nitrogens with zero attached hydrogens (tertiary/aromatic N) is 3. The van der Waals surface area contributed by atoms with Gasteiger partial charge in [0.25, 0.3) is 5.91 Å². The molecule has 1 heterocycles. The molecule has 1 atom stereocenters. The number of carbonyl (C=O) groups is 1. The van der Waals surface area contributed by atoms with Crippen LogP contribution in [0.4, 0.5) is 10.1 Å². The molecule has 0 saturated heterocycles. The number of halogens is 2. The molecule has 0 fully saturated rings. The van der Waals surface area contributed by atoms with Gasteiger partial charge in [-0.15, -0.1) is 0 Å². The van der Waals surface area contributed by atoms with Crippen LogP contribution in [0, 0.1) is 5.82 Å². The molecule has 3 rings (SSSR count). The Bertz CT molecular complexity index is 943. The number of rotatable bonds is 3. The molecule has 8 heteroatoms. The van der Waals surface area contributed by atoms with Crippen molar-refractivity contribution in [3.63, 3.8) is 0 Å². The lowest BCUT2D eigenvalue weighted by molar-refractivity contribution is -0.122. The van der Waals surface area contributed by atoms with Crippen LogP contribution in [-0.4, -0.2) is 54.1 Å². The van der Waals surface area contributed by atoms with Gasteiger partial charge in [-0.3, -0.25) is 9.79 Å². The van der Waals surface area contributed by atoms with E-state index in [0.717, 1.165) is 0 Å². The molecule has 1 aliphatic heterocycles. The van der Waals surface area contributed by atoms with Crippen molar-refractivity contribution in [1.82, 2.24) is 4.90 Å². The van der Waals surface area contributed by atoms with Gasteiger partial charge in [-0.05, 0) is 30.3 Å². The minimum Gasteiger partial charge on any atom is -0.410 e. The summed E-state index contributed by atoms with van der Waals surface area (Å²) in [6, 6.07) is 10.7. The summed E-state index contributed by atoms with van der Waals surface area (Å²) >= 11 is 6.14. The Morgan fingerprint density at radius 3 is 2.70 bits per heavy atom. The Labute approximate surface area is 161 Å². The number of hydrogen-bond acceptors (Lipinski definition) is 5. The average Bonchev–Trinajstić information content (AvgIpc) is 2.82. The van der Waals surface area contributed by atoms with E-state index in [4.69, 9.17) is 11.6 Å². The fourth-order valence-corrected chi connectivity index (χ4v) is 3.04. The normalized spacial score (nSPS) is 16.7. The standard InChI is InChI=1S/C19H18ClFN4O2/c1-25(2)19(26)18(24-27)16-10-22-17(12-5-3-4-6-14(12)21)13-9-11(20)7-8-15(13)23-16/h3-9,16,23,27H,10H2,1-2H3/b24-18+. The smallest absolute Gasteiger partial charge is 0.273 e. The van der Waals surface area contributed by atoms with Crippen LogP contribution in [0.3, 0.4) is 0 Å². The third-order valence-corrected chi connectivity index (χ3v) is 4.43. The number of hydrogen-bond donors (Lipinski definition) is 2. The van der Waals surface area contributed by atoms with Gasteiger partial charge in [0.2, 0.25) is 0 Å². The zero-order valence-electron chi connectivity index (χ0n) is 14.8. The SMILES string of the molecule is CN(C)C(=O)/C(=N/O)C1CN=C(c2ccccc2F)c2cc(Cl)ccc2N1. The van der Waals surface area contributed by atoms with Crippen LogP contribution < -0.4 is 5.32 Å². The van der Waals surface area contributed by atoms with Gasteiger partial charge in [0.15, 0.2) is 5.71 Å². The Morgan fingerprint density at radius 2 is 2.04 bits per heavy atom. The third kappa shape index (κ3) is 3.78. The van der Waals surface area contributed by atoms with Crippen molar-refractivity contribution in [3.05, 3.63) is 64.4 Å². The van der Waals surface area contributed by atoms with Gasteiger partial charge < -0.3 is 15.4 Å². The van der Waals surface area contributed by atoms with Crippen LogP contribution in [0.15, 0.2) is 52.6 Å². The van der Waals surface area contributed by atoms with Crippen LogP contribution in [0.1, 0.15) is 11.1 Å². The summed E-state index contributed by atoms with van der Waals surface area (Å²) < 4.78 is 14.4. The number of anilines is 1. The highest BCUT2D eigenvalue weighted by Crippen LogP contribution is 2.28. The zero-order chi connectivity index (χ0) is 19.6. The summed E-state index contributed by atoms with van der Waals surface area (Å²) in [7, 11) is 3.12. The molecule has 0 radical (unpaired) electrons. The van der Waals surface area contributed by atoms with E-state index in [-0.39, 0.29) is 12.3 Å². The molecule has 2 N–H and O–H groups in total. The molecule has 0 spiro atoms. The highest BCUT2D eigenvalue weighted by atomic mass is 35.5. The summed E-state index contributed by atoms with van der Waals surface area (Å²) in [6.07, 6.45) is 0. The Hall–Kier alpha value is -2.93. The van der Waals surface area contributed by atoms with Gasteiger partial charge >= 0.3 is 0 Å². The van der Waals surface area contributed by atoms with E-state index in [2.05, 4.69) is 15.5 Å². The second-order valence-electron chi connectivity index (χ2n) is 6.24. The maximum atomic E-state index is 14.4. The number of benzene rings is 2. The second kappa shape index (κ2) is 7.75. The summed E-state index contributed by atoms with van der Waals surface area (Å²) in [4.78, 5) is 18.2. The van der Waals surface area contributed by atoms with Crippen LogP contribution in [-0.2, 0) is 4.79 Å². The van der Waals surface area contributed by atoms with E-state index in [1.807, 2.05) is 0 Å². The highest BCUT2D eigenvalue weighted by molar-refractivity contribution is 6.41. The van der Waals surface area contributed by atoms with Gasteiger partial charge in [-0.1, -0.05) is 28.9 Å². The van der Waals surface area contributed by atoms with E-state index in [9.17, 15) is 14.4 Å². The monoisotopic (exact) mass is 388 g/mol. The first-order chi connectivity index (χ1) is 12.9. The lowest BCUT2D eigenvalue weighted by Gasteiger charge is -2.20. The molecule has 0 saturated carbocycles. The van der Waals surface area contributed by atoms with Crippen molar-refractivity contribution in [2.75, 3.05) is 26.0 Å². The first-order valence-electron chi connectivity index (χ1n) is 8.21. The van der Waals surface area contributed by atoms with Crippen molar-refractivity contribution in [2.45, 2.75) is 6.04 Å². The number of nitrogens with one attached hydrogen (secondary N) is 1. The van der Waals surface area contributed by atoms with Gasteiger partial charge in [-0.2, -0.15) is 0 Å². The predicted octanol–water partition coefficient (Wildman–Crippen LogP) is 3.03. The molecular formula is C19H18ClFN4O2. The zero-order valence-corrected chi connectivity index (χ0v) is 15.5. The predicted molar refractivity (Wildman–Crippen MR) is 104 cm³/mol. The lowest BCUT2D eigenvalue weighted by Crippen LogP contribution is -2.42. The lowest BCUT2D eigenvalue weighted by atomic mass is 10.00.